The summed E-state index contributed by atoms with van der Waals surface area (Å²) in [5, 5.41) is 7.66. The fourth-order valence-corrected chi connectivity index (χ4v) is 3.76. The molecule has 1 atom stereocenters. The van der Waals surface area contributed by atoms with E-state index >= 15 is 0 Å². The summed E-state index contributed by atoms with van der Waals surface area (Å²) in [5.41, 5.74) is 3.37. The Labute approximate surface area is 164 Å². The van der Waals surface area contributed by atoms with Crippen LogP contribution in [-0.2, 0) is 4.74 Å². The number of carbonyl (C=O) groups is 1. The highest BCUT2D eigenvalue weighted by atomic mass is 16.5. The normalized spacial score (nSPS) is 15.9. The van der Waals surface area contributed by atoms with Gasteiger partial charge in [0.1, 0.15) is 0 Å². The maximum atomic E-state index is 13.1. The average Bonchev–Trinajstić information content (AvgIpc) is 3.15. The van der Waals surface area contributed by atoms with Crippen molar-refractivity contribution in [3.05, 3.63) is 77.9 Å². The smallest absolute Gasteiger partial charge is 0.255 e. The molecule has 1 aromatic carbocycles. The van der Waals surface area contributed by atoms with Crippen molar-refractivity contribution in [3.8, 4) is 5.69 Å². The number of benzene rings is 1. The molecule has 1 saturated heterocycles. The highest BCUT2D eigenvalue weighted by Crippen LogP contribution is 2.30. The van der Waals surface area contributed by atoms with E-state index in [1.807, 2.05) is 55.6 Å². The molecule has 0 aliphatic carbocycles. The van der Waals surface area contributed by atoms with E-state index < -0.39 is 0 Å². The van der Waals surface area contributed by atoms with Crippen LogP contribution in [0.1, 0.15) is 40.5 Å². The van der Waals surface area contributed by atoms with E-state index in [0.29, 0.717) is 11.5 Å². The lowest BCUT2D eigenvalue weighted by molar-refractivity contribution is 0.0513. The quantitative estimate of drug-likeness (QED) is 0.740. The number of hydrogen-bond acceptors (Lipinski definition) is 4. The number of amides is 1. The van der Waals surface area contributed by atoms with Crippen LogP contribution in [0.15, 0.2) is 61.1 Å². The number of carbonyl (C=O) groups excluding carboxylic acids is 1. The molecule has 1 aliphatic rings. The van der Waals surface area contributed by atoms with Crippen LogP contribution in [0.4, 0.5) is 0 Å². The van der Waals surface area contributed by atoms with Gasteiger partial charge in [-0.3, -0.25) is 9.78 Å². The molecule has 3 aromatic rings. The first-order chi connectivity index (χ1) is 13.7. The van der Waals surface area contributed by atoms with Crippen molar-refractivity contribution >= 4 is 5.91 Å². The highest BCUT2D eigenvalue weighted by Gasteiger charge is 2.28. The molecule has 3 heterocycles. The number of rotatable bonds is 5. The summed E-state index contributed by atoms with van der Waals surface area (Å²) >= 11 is 0. The predicted octanol–water partition coefficient (Wildman–Crippen LogP) is 3.47. The topological polar surface area (TPSA) is 69.0 Å². The molecule has 144 valence electrons. The van der Waals surface area contributed by atoms with Crippen LogP contribution >= 0.6 is 0 Å². The van der Waals surface area contributed by atoms with E-state index in [1.54, 1.807) is 17.1 Å². The molecule has 0 spiro atoms. The molecule has 4 rings (SSSR count). The van der Waals surface area contributed by atoms with E-state index in [-0.39, 0.29) is 11.9 Å². The number of hydrogen-bond donors (Lipinski definition) is 1. The lowest BCUT2D eigenvalue weighted by Crippen LogP contribution is -2.36. The number of aromatic nitrogens is 3. The zero-order valence-electron chi connectivity index (χ0n) is 15.9. The van der Waals surface area contributed by atoms with Gasteiger partial charge in [0.25, 0.3) is 5.91 Å². The van der Waals surface area contributed by atoms with Crippen LogP contribution in [0, 0.1) is 12.8 Å². The van der Waals surface area contributed by atoms with Gasteiger partial charge in [-0.25, -0.2) is 4.68 Å². The van der Waals surface area contributed by atoms with Crippen LogP contribution in [0.2, 0.25) is 0 Å². The Bertz CT molecular complexity index is 918. The Morgan fingerprint density at radius 2 is 1.93 bits per heavy atom. The first kappa shape index (κ1) is 18.4. The summed E-state index contributed by atoms with van der Waals surface area (Å²) in [6.07, 6.45) is 7.06. The van der Waals surface area contributed by atoms with Gasteiger partial charge in [0.15, 0.2) is 0 Å². The maximum Gasteiger partial charge on any atom is 0.255 e. The van der Waals surface area contributed by atoms with E-state index in [1.165, 1.54) is 0 Å². The second-order valence-corrected chi connectivity index (χ2v) is 7.08. The van der Waals surface area contributed by atoms with Gasteiger partial charge in [-0.2, -0.15) is 5.10 Å². The number of nitrogens with one attached hydrogen (secondary N) is 1. The number of para-hydroxylation sites is 1. The number of ether oxygens (including phenoxy) is 1. The van der Waals surface area contributed by atoms with Gasteiger partial charge in [0, 0.05) is 25.6 Å². The molecule has 2 aromatic heterocycles. The minimum atomic E-state index is -0.111. The Morgan fingerprint density at radius 3 is 2.64 bits per heavy atom. The summed E-state index contributed by atoms with van der Waals surface area (Å²) in [6.45, 7) is 3.37. The molecule has 0 saturated carbocycles. The number of pyridine rings is 1. The third kappa shape index (κ3) is 3.82. The van der Waals surface area contributed by atoms with E-state index in [9.17, 15) is 4.79 Å². The Kier molecular flexibility index (Phi) is 5.48. The molecule has 0 unspecified atom stereocenters. The highest BCUT2D eigenvalue weighted by molar-refractivity contribution is 5.95. The molecule has 6 nitrogen and oxygen atoms in total. The fourth-order valence-electron chi connectivity index (χ4n) is 3.76. The van der Waals surface area contributed by atoms with Crippen LogP contribution in [0.5, 0.6) is 0 Å². The van der Waals surface area contributed by atoms with Gasteiger partial charge in [-0.1, -0.05) is 24.3 Å². The first-order valence-corrected chi connectivity index (χ1v) is 9.62. The van der Waals surface area contributed by atoms with Crippen LogP contribution in [0.25, 0.3) is 5.69 Å². The van der Waals surface area contributed by atoms with E-state index in [0.717, 1.165) is 43.0 Å². The van der Waals surface area contributed by atoms with Crippen molar-refractivity contribution in [1.29, 1.82) is 0 Å². The minimum Gasteiger partial charge on any atom is -0.381 e. The Morgan fingerprint density at radius 1 is 1.14 bits per heavy atom. The summed E-state index contributed by atoms with van der Waals surface area (Å²) in [4.78, 5) is 17.4. The van der Waals surface area contributed by atoms with Gasteiger partial charge in [-0.05, 0) is 49.4 Å². The standard InChI is InChI=1S/C22H24N4O2/c1-16-20(15-24-26(16)19-7-3-2-4-8-19)22(27)25-21(17-9-12-28-13-10-17)18-6-5-11-23-14-18/h2-8,11,14-15,17,21H,9-10,12-13H2,1H3,(H,25,27)/t21-/m1/s1. The molecule has 1 aliphatic heterocycles. The van der Waals surface area contributed by atoms with Crippen molar-refractivity contribution < 1.29 is 9.53 Å². The monoisotopic (exact) mass is 376 g/mol. The SMILES string of the molecule is Cc1c(C(=O)N[C@@H](c2cccnc2)C2CCOCC2)cnn1-c1ccccc1. The lowest BCUT2D eigenvalue weighted by Gasteiger charge is -2.31. The molecule has 1 fully saturated rings. The van der Waals surface area contributed by atoms with E-state index in [4.69, 9.17) is 4.74 Å². The van der Waals surface area contributed by atoms with Gasteiger partial charge in [0.05, 0.1) is 29.2 Å². The fraction of sp³-hybridized carbons (Fsp3) is 0.318. The average molecular weight is 376 g/mol. The van der Waals surface area contributed by atoms with E-state index in [2.05, 4.69) is 15.4 Å². The van der Waals surface area contributed by atoms with Gasteiger partial charge < -0.3 is 10.1 Å². The molecule has 1 N–H and O–H groups in total. The molecule has 1 amide bonds. The third-order valence-electron chi connectivity index (χ3n) is 5.32. The van der Waals surface area contributed by atoms with Crippen LogP contribution < -0.4 is 5.32 Å². The van der Waals surface area contributed by atoms with Crippen LogP contribution in [-0.4, -0.2) is 33.9 Å². The second-order valence-electron chi connectivity index (χ2n) is 7.08. The summed E-state index contributed by atoms with van der Waals surface area (Å²) < 4.78 is 7.30. The summed E-state index contributed by atoms with van der Waals surface area (Å²) in [6, 6.07) is 13.7. The lowest BCUT2D eigenvalue weighted by atomic mass is 9.87. The van der Waals surface area contributed by atoms with Crippen molar-refractivity contribution in [1.82, 2.24) is 20.1 Å². The van der Waals surface area contributed by atoms with Crippen LogP contribution in [0.3, 0.4) is 0 Å². The maximum absolute atomic E-state index is 13.1. The van der Waals surface area contributed by atoms with Crippen molar-refractivity contribution in [2.24, 2.45) is 5.92 Å². The molecular formula is C22H24N4O2. The Hall–Kier alpha value is -2.99. The molecular weight excluding hydrogens is 352 g/mol. The van der Waals surface area contributed by atoms with Gasteiger partial charge >= 0.3 is 0 Å². The summed E-state index contributed by atoms with van der Waals surface area (Å²) in [5.74, 6) is 0.214. The largest absolute Gasteiger partial charge is 0.381 e. The molecule has 28 heavy (non-hydrogen) atoms. The molecule has 0 bridgehead atoms. The molecule has 0 radical (unpaired) electrons. The number of nitrogens with zero attached hydrogens (tertiary/aromatic N) is 3. The summed E-state index contributed by atoms with van der Waals surface area (Å²) in [7, 11) is 0. The second kappa shape index (κ2) is 8.35. The van der Waals surface area contributed by atoms with Gasteiger partial charge in [0.2, 0.25) is 0 Å². The molecule has 6 heteroatoms. The van der Waals surface area contributed by atoms with Gasteiger partial charge in [-0.15, -0.1) is 0 Å². The van der Waals surface area contributed by atoms with Crippen molar-refractivity contribution in [2.75, 3.05) is 13.2 Å². The predicted molar refractivity (Wildman–Crippen MR) is 106 cm³/mol. The van der Waals surface area contributed by atoms with Crippen molar-refractivity contribution in [3.63, 3.8) is 0 Å². The zero-order chi connectivity index (χ0) is 19.3. The zero-order valence-corrected chi connectivity index (χ0v) is 15.9. The first-order valence-electron chi connectivity index (χ1n) is 9.62. The third-order valence-corrected chi connectivity index (χ3v) is 5.32. The minimum absolute atomic E-state index is 0.0930. The Balaban J connectivity index is 1.59. The van der Waals surface area contributed by atoms with Crippen molar-refractivity contribution in [2.45, 2.75) is 25.8 Å².